The molecule has 1 aromatic rings. The Morgan fingerprint density at radius 3 is 1.95 bits per heavy atom. The van der Waals surface area contributed by atoms with Crippen molar-refractivity contribution in [3.05, 3.63) is 29.8 Å². The van der Waals surface area contributed by atoms with Gasteiger partial charge >= 0.3 is 11.9 Å². The van der Waals surface area contributed by atoms with Gasteiger partial charge in [0.25, 0.3) is 0 Å². The number of rotatable bonds is 17. The molecule has 4 atom stereocenters. The lowest BCUT2D eigenvalue weighted by Crippen LogP contribution is -2.57. The molecule has 0 fully saturated rings. The molecule has 0 aliphatic heterocycles. The number of carboxylic acids is 2. The van der Waals surface area contributed by atoms with Crippen LogP contribution in [0.5, 0.6) is 5.75 Å². The van der Waals surface area contributed by atoms with Gasteiger partial charge in [0.1, 0.15) is 23.9 Å². The number of carbonyl (C=O) groups excluding carboxylic acids is 3. The standard InChI is InChI=1S/C25H38N4O8S/c1-14(2)12-20(25(36)37)29-24(35)19(13-15-4-6-16(30)7-5-15)28-23(34)18(10-11-38-3)27-22(33)17(26)8-9-21(31)32/h4-7,14,17-20,30H,8-13,26H2,1-3H3,(H,27,33)(H,28,34)(H,29,35)(H,31,32)(H,36,37). The highest BCUT2D eigenvalue weighted by Gasteiger charge is 2.30. The van der Waals surface area contributed by atoms with E-state index in [2.05, 4.69) is 16.0 Å². The van der Waals surface area contributed by atoms with E-state index in [9.17, 15) is 34.2 Å². The zero-order chi connectivity index (χ0) is 28.8. The maximum absolute atomic E-state index is 13.2. The molecule has 0 saturated heterocycles. The molecule has 0 radical (unpaired) electrons. The molecule has 0 aromatic heterocycles. The highest BCUT2D eigenvalue weighted by atomic mass is 32.2. The molecule has 0 saturated carbocycles. The fourth-order valence-electron chi connectivity index (χ4n) is 3.51. The fourth-order valence-corrected chi connectivity index (χ4v) is 3.98. The first-order valence-electron chi connectivity index (χ1n) is 12.2. The van der Waals surface area contributed by atoms with Crippen LogP contribution in [0.25, 0.3) is 0 Å². The highest BCUT2D eigenvalue weighted by Crippen LogP contribution is 2.13. The van der Waals surface area contributed by atoms with Gasteiger partial charge in [-0.25, -0.2) is 4.79 Å². The van der Waals surface area contributed by atoms with E-state index < -0.39 is 53.8 Å². The second-order valence-electron chi connectivity index (χ2n) is 9.34. The molecule has 0 aliphatic carbocycles. The van der Waals surface area contributed by atoms with Crippen LogP contribution >= 0.6 is 11.8 Å². The van der Waals surface area contributed by atoms with Gasteiger partial charge in [0, 0.05) is 12.8 Å². The number of aromatic hydroxyl groups is 1. The molecule has 38 heavy (non-hydrogen) atoms. The van der Waals surface area contributed by atoms with Gasteiger partial charge in [0.05, 0.1) is 6.04 Å². The topological polar surface area (TPSA) is 208 Å². The molecule has 1 rings (SSSR count). The first-order valence-corrected chi connectivity index (χ1v) is 13.6. The maximum Gasteiger partial charge on any atom is 0.326 e. The zero-order valence-electron chi connectivity index (χ0n) is 21.8. The van der Waals surface area contributed by atoms with Gasteiger partial charge in [-0.05, 0) is 54.9 Å². The molecule has 1 aromatic carbocycles. The van der Waals surface area contributed by atoms with Crippen molar-refractivity contribution < 1.29 is 39.3 Å². The summed E-state index contributed by atoms with van der Waals surface area (Å²) in [6.07, 6.45) is 1.78. The van der Waals surface area contributed by atoms with Gasteiger partial charge in [-0.15, -0.1) is 0 Å². The number of thioether (sulfide) groups is 1. The highest BCUT2D eigenvalue weighted by molar-refractivity contribution is 7.98. The van der Waals surface area contributed by atoms with E-state index in [1.165, 1.54) is 23.9 Å². The number of nitrogens with one attached hydrogen (secondary N) is 3. The van der Waals surface area contributed by atoms with Crippen LogP contribution in [0.2, 0.25) is 0 Å². The van der Waals surface area contributed by atoms with Crippen LogP contribution in [0.4, 0.5) is 0 Å². The Morgan fingerprint density at radius 1 is 0.868 bits per heavy atom. The molecule has 0 heterocycles. The van der Waals surface area contributed by atoms with Gasteiger partial charge < -0.3 is 37.0 Å². The van der Waals surface area contributed by atoms with Crippen molar-refractivity contribution in [2.24, 2.45) is 11.7 Å². The van der Waals surface area contributed by atoms with E-state index in [1.807, 2.05) is 20.1 Å². The number of hydrogen-bond donors (Lipinski definition) is 7. The number of carbonyl (C=O) groups is 5. The summed E-state index contributed by atoms with van der Waals surface area (Å²) in [7, 11) is 0. The van der Waals surface area contributed by atoms with Crippen LogP contribution < -0.4 is 21.7 Å². The summed E-state index contributed by atoms with van der Waals surface area (Å²) in [5.41, 5.74) is 6.37. The van der Waals surface area contributed by atoms with Crippen molar-refractivity contribution in [1.82, 2.24) is 16.0 Å². The quantitative estimate of drug-likeness (QED) is 0.141. The van der Waals surface area contributed by atoms with Crippen molar-refractivity contribution >= 4 is 41.4 Å². The van der Waals surface area contributed by atoms with E-state index in [0.29, 0.717) is 11.3 Å². The molecule has 12 nitrogen and oxygen atoms in total. The first-order chi connectivity index (χ1) is 17.8. The van der Waals surface area contributed by atoms with Gasteiger partial charge in [0.15, 0.2) is 0 Å². The van der Waals surface area contributed by atoms with E-state index in [0.717, 1.165) is 0 Å². The lowest BCUT2D eigenvalue weighted by atomic mass is 10.0. The third-order valence-electron chi connectivity index (χ3n) is 5.58. The van der Waals surface area contributed by atoms with Gasteiger partial charge in [-0.3, -0.25) is 19.2 Å². The average Bonchev–Trinajstić information content (AvgIpc) is 2.84. The van der Waals surface area contributed by atoms with E-state index in [1.54, 1.807) is 12.1 Å². The summed E-state index contributed by atoms with van der Waals surface area (Å²) in [6, 6.07) is 1.43. The second-order valence-corrected chi connectivity index (χ2v) is 10.3. The predicted molar refractivity (Wildman–Crippen MR) is 143 cm³/mol. The molecular weight excluding hydrogens is 516 g/mol. The number of phenolic OH excluding ortho intramolecular Hbond substituents is 1. The molecular formula is C25H38N4O8S. The van der Waals surface area contributed by atoms with Gasteiger partial charge in [-0.1, -0.05) is 26.0 Å². The largest absolute Gasteiger partial charge is 0.508 e. The number of nitrogens with two attached hydrogens (primary N) is 1. The first kappa shape index (κ1) is 32.7. The predicted octanol–water partition coefficient (Wildman–Crippen LogP) is 0.465. The van der Waals surface area contributed by atoms with E-state index in [-0.39, 0.29) is 43.8 Å². The Hall–Kier alpha value is -3.32. The van der Waals surface area contributed by atoms with E-state index in [4.69, 9.17) is 10.8 Å². The minimum absolute atomic E-state index is 0.00676. The van der Waals surface area contributed by atoms with Crippen LogP contribution in [0.1, 0.15) is 45.1 Å². The lowest BCUT2D eigenvalue weighted by Gasteiger charge is -2.25. The third kappa shape index (κ3) is 12.3. The monoisotopic (exact) mass is 554 g/mol. The minimum atomic E-state index is -1.21. The molecule has 0 aliphatic rings. The Kier molecular flexibility index (Phi) is 14.2. The normalized spacial score (nSPS) is 14.1. The summed E-state index contributed by atoms with van der Waals surface area (Å²) in [4.78, 5) is 61.4. The molecule has 3 amide bonds. The smallest absolute Gasteiger partial charge is 0.326 e. The summed E-state index contributed by atoms with van der Waals surface area (Å²) >= 11 is 1.43. The zero-order valence-corrected chi connectivity index (χ0v) is 22.6. The summed E-state index contributed by atoms with van der Waals surface area (Å²) in [5, 5.41) is 35.6. The maximum atomic E-state index is 13.2. The third-order valence-corrected chi connectivity index (χ3v) is 6.22. The van der Waals surface area contributed by atoms with Crippen molar-refractivity contribution in [3.8, 4) is 5.75 Å². The summed E-state index contributed by atoms with van der Waals surface area (Å²) < 4.78 is 0. The molecule has 4 unspecified atom stereocenters. The number of carboxylic acid groups (broad SMARTS) is 2. The summed E-state index contributed by atoms with van der Waals surface area (Å²) in [5.74, 6) is -3.91. The van der Waals surface area contributed by atoms with Gasteiger partial charge in [0.2, 0.25) is 17.7 Å². The van der Waals surface area contributed by atoms with Crippen LogP contribution in [-0.2, 0) is 30.4 Å². The van der Waals surface area contributed by atoms with Crippen LogP contribution in [0.3, 0.4) is 0 Å². The van der Waals surface area contributed by atoms with E-state index >= 15 is 0 Å². The average molecular weight is 555 g/mol. The van der Waals surface area contributed by atoms with Crippen LogP contribution in [0, 0.1) is 5.92 Å². The number of hydrogen-bond acceptors (Lipinski definition) is 8. The Morgan fingerprint density at radius 2 is 1.42 bits per heavy atom. The number of phenols is 1. The molecule has 13 heteroatoms. The Bertz CT molecular complexity index is 957. The molecule has 0 bridgehead atoms. The lowest BCUT2D eigenvalue weighted by molar-refractivity contribution is -0.143. The summed E-state index contributed by atoms with van der Waals surface area (Å²) in [6.45, 7) is 3.63. The second kappa shape index (κ2) is 16.5. The number of aliphatic carboxylic acids is 2. The van der Waals surface area contributed by atoms with Crippen molar-refractivity contribution in [2.75, 3.05) is 12.0 Å². The van der Waals surface area contributed by atoms with Gasteiger partial charge in [-0.2, -0.15) is 11.8 Å². The van der Waals surface area contributed by atoms with Crippen LogP contribution in [0.15, 0.2) is 24.3 Å². The fraction of sp³-hybridized carbons (Fsp3) is 0.560. The molecule has 0 spiro atoms. The molecule has 8 N–H and O–H groups in total. The number of benzene rings is 1. The SMILES string of the molecule is CSCCC(NC(=O)C(N)CCC(=O)O)C(=O)NC(Cc1ccc(O)cc1)C(=O)NC(CC(C)C)C(=O)O. The molecule has 212 valence electrons. The van der Waals surface area contributed by atoms with Crippen molar-refractivity contribution in [3.63, 3.8) is 0 Å². The van der Waals surface area contributed by atoms with Crippen LogP contribution in [-0.4, -0.2) is 81.2 Å². The minimum Gasteiger partial charge on any atom is -0.508 e. The Balaban J connectivity index is 3.12. The van der Waals surface area contributed by atoms with Crippen molar-refractivity contribution in [1.29, 1.82) is 0 Å². The Labute approximate surface area is 226 Å². The van der Waals surface area contributed by atoms with Crippen molar-refractivity contribution in [2.45, 2.75) is 70.1 Å². The number of amides is 3.